The van der Waals surface area contributed by atoms with Crippen LogP contribution in [0.4, 0.5) is 0 Å². The van der Waals surface area contributed by atoms with E-state index in [1.54, 1.807) is 0 Å². The van der Waals surface area contributed by atoms with Gasteiger partial charge in [-0.15, -0.1) is 0 Å². The van der Waals surface area contributed by atoms with Crippen LogP contribution in [-0.4, -0.2) is 11.9 Å². The molecule has 0 N–H and O–H groups in total. The third-order valence-corrected chi connectivity index (χ3v) is 2.65. The number of hydrogen-bond donors (Lipinski definition) is 0. The standard InChI is InChI=1S/C18H10O4.2K/c19-17(20)15-10-14(11-16(12-15)18(21)22)9-5-4-8-13-6-2-1-3-7-13;;/h1-3,6-7,10-12H,(H,19,20)(H,21,22);;/q;2*+1/p-2. The van der Waals surface area contributed by atoms with E-state index < -0.39 is 11.9 Å². The first-order valence-corrected chi connectivity index (χ1v) is 6.21. The van der Waals surface area contributed by atoms with Crippen LogP contribution >= 0.6 is 0 Å². The normalized spacial score (nSPS) is 8.17. The van der Waals surface area contributed by atoms with Crippen LogP contribution in [0.5, 0.6) is 0 Å². The maximum atomic E-state index is 10.8. The first-order chi connectivity index (χ1) is 10.6. The quantitative estimate of drug-likeness (QED) is 0.391. The van der Waals surface area contributed by atoms with Crippen molar-refractivity contribution in [3.05, 3.63) is 70.8 Å². The molecule has 2 rings (SSSR count). The monoisotopic (exact) mass is 366 g/mol. The fraction of sp³-hybridized carbons (Fsp3) is 0. The van der Waals surface area contributed by atoms with E-state index in [1.807, 2.05) is 30.3 Å². The number of rotatable bonds is 2. The molecule has 2 aromatic rings. The zero-order valence-electron chi connectivity index (χ0n) is 13.3. The molecular formula is C18H8K2O4. The first-order valence-electron chi connectivity index (χ1n) is 6.21. The Morgan fingerprint density at radius 2 is 1.17 bits per heavy atom. The van der Waals surface area contributed by atoms with Crippen LogP contribution < -0.4 is 113 Å². The Morgan fingerprint density at radius 3 is 1.62 bits per heavy atom. The number of carbonyl (C=O) groups excluding carboxylic acids is 2. The second-order valence-corrected chi connectivity index (χ2v) is 4.24. The second kappa shape index (κ2) is 12.2. The molecule has 0 heterocycles. The van der Waals surface area contributed by atoms with Crippen LogP contribution in [0, 0.1) is 23.7 Å². The molecular weight excluding hydrogens is 358 g/mol. The fourth-order valence-corrected chi connectivity index (χ4v) is 1.66. The van der Waals surface area contributed by atoms with Gasteiger partial charge in [0.25, 0.3) is 0 Å². The predicted molar refractivity (Wildman–Crippen MR) is 75.3 cm³/mol. The number of benzene rings is 2. The average Bonchev–Trinajstić information content (AvgIpc) is 2.52. The molecule has 0 unspecified atom stereocenters. The maximum absolute atomic E-state index is 10.8. The third-order valence-electron chi connectivity index (χ3n) is 2.65. The van der Waals surface area contributed by atoms with Crippen molar-refractivity contribution in [1.82, 2.24) is 0 Å². The van der Waals surface area contributed by atoms with Gasteiger partial charge in [0, 0.05) is 11.1 Å². The van der Waals surface area contributed by atoms with Crippen LogP contribution in [0.2, 0.25) is 0 Å². The summed E-state index contributed by atoms with van der Waals surface area (Å²) in [5, 5.41) is 21.7. The van der Waals surface area contributed by atoms with Crippen LogP contribution in [0.3, 0.4) is 0 Å². The van der Waals surface area contributed by atoms with Gasteiger partial charge < -0.3 is 19.8 Å². The van der Waals surface area contributed by atoms with E-state index in [2.05, 4.69) is 23.7 Å². The molecule has 0 aliphatic carbocycles. The van der Waals surface area contributed by atoms with Crippen molar-refractivity contribution < 1.29 is 123 Å². The zero-order chi connectivity index (χ0) is 15.9. The molecule has 106 valence electrons. The van der Waals surface area contributed by atoms with E-state index in [-0.39, 0.29) is 119 Å². The Hall–Kier alpha value is -0.227. The van der Waals surface area contributed by atoms with Gasteiger partial charge in [-0.1, -0.05) is 30.0 Å². The fourth-order valence-electron chi connectivity index (χ4n) is 1.66. The summed E-state index contributed by atoms with van der Waals surface area (Å²) in [6.45, 7) is 0. The first kappa shape index (κ1) is 23.8. The Bertz CT molecular complexity index is 821. The molecule has 0 saturated heterocycles. The largest absolute Gasteiger partial charge is 1.00 e. The van der Waals surface area contributed by atoms with Gasteiger partial charge in [-0.3, -0.25) is 0 Å². The predicted octanol–water partition coefficient (Wildman–Crippen LogP) is -6.18. The van der Waals surface area contributed by atoms with Gasteiger partial charge in [0.2, 0.25) is 0 Å². The number of carbonyl (C=O) groups is 2. The Kier molecular flexibility index (Phi) is 12.1. The van der Waals surface area contributed by atoms with Crippen molar-refractivity contribution in [2.24, 2.45) is 0 Å². The van der Waals surface area contributed by atoms with Gasteiger partial charge in [0.05, 0.1) is 11.9 Å². The van der Waals surface area contributed by atoms with E-state index in [9.17, 15) is 19.8 Å². The zero-order valence-corrected chi connectivity index (χ0v) is 19.5. The van der Waals surface area contributed by atoms with Crippen LogP contribution in [0.25, 0.3) is 0 Å². The van der Waals surface area contributed by atoms with Gasteiger partial charge in [-0.2, -0.15) is 0 Å². The van der Waals surface area contributed by atoms with Gasteiger partial charge in [0.1, 0.15) is 0 Å². The van der Waals surface area contributed by atoms with Crippen molar-refractivity contribution in [2.75, 3.05) is 0 Å². The summed E-state index contributed by atoms with van der Waals surface area (Å²) in [6, 6.07) is 12.6. The van der Waals surface area contributed by atoms with Crippen LogP contribution in [0.1, 0.15) is 31.8 Å². The molecule has 0 saturated carbocycles. The summed E-state index contributed by atoms with van der Waals surface area (Å²) in [6.07, 6.45) is 0. The van der Waals surface area contributed by atoms with Crippen LogP contribution in [-0.2, 0) is 0 Å². The number of aromatic carboxylic acids is 2. The minimum atomic E-state index is -1.48. The van der Waals surface area contributed by atoms with E-state index in [1.165, 1.54) is 12.1 Å². The van der Waals surface area contributed by atoms with E-state index >= 15 is 0 Å². The topological polar surface area (TPSA) is 80.3 Å². The summed E-state index contributed by atoms with van der Waals surface area (Å²) in [5.41, 5.74) is 0.447. The molecule has 6 heteroatoms. The van der Waals surface area contributed by atoms with Crippen molar-refractivity contribution in [3.8, 4) is 23.7 Å². The SMILES string of the molecule is O=C([O-])c1cc(C#CC#Cc2ccccc2)cc(C(=O)[O-])c1.[K+].[K+]. The van der Waals surface area contributed by atoms with Gasteiger partial charge in [0.15, 0.2) is 0 Å². The molecule has 0 spiro atoms. The number of hydrogen-bond acceptors (Lipinski definition) is 4. The molecule has 0 atom stereocenters. The maximum Gasteiger partial charge on any atom is 1.00 e. The third kappa shape index (κ3) is 7.77. The minimum absolute atomic E-state index is 0. The van der Waals surface area contributed by atoms with Crippen molar-refractivity contribution >= 4 is 11.9 Å². The molecule has 0 radical (unpaired) electrons. The summed E-state index contributed by atoms with van der Waals surface area (Å²) < 4.78 is 0. The molecule has 4 nitrogen and oxygen atoms in total. The van der Waals surface area contributed by atoms with Gasteiger partial charge >= 0.3 is 103 Å². The average molecular weight is 366 g/mol. The number of carboxylic acid groups (broad SMARTS) is 2. The molecule has 24 heavy (non-hydrogen) atoms. The minimum Gasteiger partial charge on any atom is -0.545 e. The van der Waals surface area contributed by atoms with E-state index in [4.69, 9.17) is 0 Å². The molecule has 0 bridgehead atoms. The Labute approximate surface area is 224 Å². The van der Waals surface area contributed by atoms with Crippen LogP contribution in [0.15, 0.2) is 48.5 Å². The molecule has 0 aromatic heterocycles. The summed E-state index contributed by atoms with van der Waals surface area (Å²) in [7, 11) is 0. The number of carboxylic acids is 2. The molecule has 0 amide bonds. The smallest absolute Gasteiger partial charge is 0.545 e. The molecule has 0 fully saturated rings. The Balaban J connectivity index is 0.00000264. The summed E-state index contributed by atoms with van der Waals surface area (Å²) in [4.78, 5) is 21.7. The van der Waals surface area contributed by atoms with E-state index in [0.717, 1.165) is 11.6 Å². The van der Waals surface area contributed by atoms with Crippen molar-refractivity contribution in [2.45, 2.75) is 0 Å². The molecule has 0 aliphatic heterocycles. The summed E-state index contributed by atoms with van der Waals surface area (Å²) in [5.74, 6) is 7.59. The molecule has 0 aliphatic rings. The van der Waals surface area contributed by atoms with Crippen molar-refractivity contribution in [3.63, 3.8) is 0 Å². The Morgan fingerprint density at radius 1 is 0.708 bits per heavy atom. The summed E-state index contributed by atoms with van der Waals surface area (Å²) >= 11 is 0. The van der Waals surface area contributed by atoms with Crippen molar-refractivity contribution in [1.29, 1.82) is 0 Å². The molecule has 2 aromatic carbocycles. The van der Waals surface area contributed by atoms with E-state index in [0.29, 0.717) is 0 Å². The second-order valence-electron chi connectivity index (χ2n) is 4.24. The van der Waals surface area contributed by atoms with Gasteiger partial charge in [-0.05, 0) is 53.3 Å². The van der Waals surface area contributed by atoms with Gasteiger partial charge in [-0.25, -0.2) is 0 Å².